The fourth-order valence-electron chi connectivity index (χ4n) is 2.04. The first-order valence-electron chi connectivity index (χ1n) is 6.75. The van der Waals surface area contributed by atoms with Crippen LogP contribution in [0.25, 0.3) is 0 Å². The highest BCUT2D eigenvalue weighted by Crippen LogP contribution is 2.13. The van der Waals surface area contributed by atoms with E-state index in [0.29, 0.717) is 13.2 Å². The van der Waals surface area contributed by atoms with E-state index in [1.54, 1.807) is 4.90 Å². The summed E-state index contributed by atoms with van der Waals surface area (Å²) in [5.41, 5.74) is 0. The fraction of sp³-hybridized carbons (Fsp3) is 0.923. The van der Waals surface area contributed by atoms with Crippen molar-refractivity contribution in [1.29, 1.82) is 0 Å². The van der Waals surface area contributed by atoms with E-state index in [2.05, 4.69) is 4.90 Å². The molecule has 0 aromatic rings. The Morgan fingerprint density at radius 3 is 2.56 bits per heavy atom. The minimum Gasteiger partial charge on any atom is -0.394 e. The van der Waals surface area contributed by atoms with Gasteiger partial charge in [0.15, 0.2) is 0 Å². The highest BCUT2D eigenvalue weighted by atomic mass is 16.5. The molecule has 0 aliphatic carbocycles. The Morgan fingerprint density at radius 1 is 1.44 bits per heavy atom. The first-order valence-corrected chi connectivity index (χ1v) is 6.75. The molecule has 0 unspecified atom stereocenters. The second-order valence-corrected chi connectivity index (χ2v) is 5.17. The Bertz CT molecular complexity index is 251. The van der Waals surface area contributed by atoms with E-state index in [0.717, 1.165) is 25.9 Å². The Kier molecular flexibility index (Phi) is 6.60. The first kappa shape index (κ1) is 15.4. The molecule has 0 spiro atoms. The van der Waals surface area contributed by atoms with Crippen molar-refractivity contribution in [3.05, 3.63) is 0 Å². The number of piperidine rings is 1. The zero-order chi connectivity index (χ0) is 13.5. The molecule has 1 heterocycles. The average Bonchev–Trinajstić information content (AvgIpc) is 2.36. The number of carbonyl (C=O) groups is 1. The lowest BCUT2D eigenvalue weighted by Crippen LogP contribution is -2.45. The molecule has 1 aliphatic heterocycles. The molecule has 0 saturated carbocycles. The number of aliphatic hydroxyl groups excluding tert-OH is 1. The smallest absolute Gasteiger partial charge is 0.236 e. The van der Waals surface area contributed by atoms with Gasteiger partial charge in [-0.2, -0.15) is 0 Å². The number of nitrogens with zero attached hydrogens (tertiary/aromatic N) is 2. The monoisotopic (exact) mass is 258 g/mol. The van der Waals surface area contributed by atoms with E-state index in [1.165, 1.54) is 0 Å². The van der Waals surface area contributed by atoms with Crippen molar-refractivity contribution < 1.29 is 14.6 Å². The number of ether oxygens (including phenoxy) is 1. The van der Waals surface area contributed by atoms with E-state index < -0.39 is 0 Å². The largest absolute Gasteiger partial charge is 0.394 e. The van der Waals surface area contributed by atoms with Crippen LogP contribution < -0.4 is 0 Å². The summed E-state index contributed by atoms with van der Waals surface area (Å²) >= 11 is 0. The van der Waals surface area contributed by atoms with Gasteiger partial charge in [-0.05, 0) is 26.7 Å². The third-order valence-corrected chi connectivity index (χ3v) is 3.51. The van der Waals surface area contributed by atoms with Crippen molar-refractivity contribution in [2.45, 2.75) is 38.8 Å². The Morgan fingerprint density at radius 2 is 2.06 bits per heavy atom. The van der Waals surface area contributed by atoms with E-state index >= 15 is 0 Å². The quantitative estimate of drug-likeness (QED) is 0.746. The van der Waals surface area contributed by atoms with Crippen LogP contribution in [-0.4, -0.2) is 72.9 Å². The molecule has 1 amide bonds. The van der Waals surface area contributed by atoms with Crippen LogP contribution in [0.15, 0.2) is 0 Å². The van der Waals surface area contributed by atoms with Gasteiger partial charge in [0.05, 0.1) is 25.9 Å². The summed E-state index contributed by atoms with van der Waals surface area (Å²) in [7, 11) is 1.85. The molecule has 0 atom stereocenters. The normalized spacial score (nSPS) is 18.3. The van der Waals surface area contributed by atoms with Crippen LogP contribution in [0.5, 0.6) is 0 Å². The van der Waals surface area contributed by atoms with Crippen molar-refractivity contribution in [2.24, 2.45) is 0 Å². The van der Waals surface area contributed by atoms with Crippen molar-refractivity contribution >= 4 is 5.91 Å². The molecule has 0 aromatic carbocycles. The number of likely N-dealkylation sites (N-methyl/N-ethyl adjacent to an activating group) is 1. The van der Waals surface area contributed by atoms with Crippen LogP contribution >= 0.6 is 0 Å². The molecule has 18 heavy (non-hydrogen) atoms. The van der Waals surface area contributed by atoms with Crippen molar-refractivity contribution in [2.75, 3.05) is 39.9 Å². The molecule has 1 N–H and O–H groups in total. The van der Waals surface area contributed by atoms with Gasteiger partial charge in [-0.1, -0.05) is 0 Å². The number of aliphatic hydroxyl groups is 1. The van der Waals surface area contributed by atoms with Crippen LogP contribution in [0.2, 0.25) is 0 Å². The minimum absolute atomic E-state index is 0.0812. The van der Waals surface area contributed by atoms with Gasteiger partial charge in [0.25, 0.3) is 0 Å². The number of rotatable bonds is 6. The number of likely N-dealkylation sites (tertiary alicyclic amines) is 1. The summed E-state index contributed by atoms with van der Waals surface area (Å²) in [6.07, 6.45) is 2.13. The maximum absolute atomic E-state index is 11.9. The zero-order valence-corrected chi connectivity index (χ0v) is 11.8. The molecular weight excluding hydrogens is 232 g/mol. The van der Waals surface area contributed by atoms with Crippen molar-refractivity contribution in [3.8, 4) is 0 Å². The molecule has 0 aromatic heterocycles. The fourth-order valence-corrected chi connectivity index (χ4v) is 2.04. The second kappa shape index (κ2) is 7.71. The number of hydrogen-bond acceptors (Lipinski definition) is 4. The van der Waals surface area contributed by atoms with E-state index in [9.17, 15) is 4.79 Å². The molecule has 0 bridgehead atoms. The summed E-state index contributed by atoms with van der Waals surface area (Å²) in [5, 5.41) is 8.70. The molecule has 1 aliphatic rings. The second-order valence-electron chi connectivity index (χ2n) is 5.17. The van der Waals surface area contributed by atoms with Crippen LogP contribution in [0.4, 0.5) is 0 Å². The van der Waals surface area contributed by atoms with Crippen LogP contribution in [0.3, 0.4) is 0 Å². The SMILES string of the molecule is CC(C)N(C)C(=O)CN1CCC(OCCO)CC1. The van der Waals surface area contributed by atoms with Gasteiger partial charge >= 0.3 is 0 Å². The van der Waals surface area contributed by atoms with Crippen LogP contribution in [0, 0.1) is 0 Å². The Labute approximate surface area is 110 Å². The molecule has 1 rings (SSSR count). The lowest BCUT2D eigenvalue weighted by atomic mass is 10.1. The van der Waals surface area contributed by atoms with E-state index in [4.69, 9.17) is 9.84 Å². The summed E-state index contributed by atoms with van der Waals surface area (Å²) in [5.74, 6) is 0.180. The number of hydrogen-bond donors (Lipinski definition) is 1. The predicted molar refractivity (Wildman–Crippen MR) is 70.4 cm³/mol. The van der Waals surface area contributed by atoms with Gasteiger partial charge in [-0.3, -0.25) is 9.69 Å². The Hall–Kier alpha value is -0.650. The summed E-state index contributed by atoms with van der Waals surface area (Å²) < 4.78 is 5.50. The van der Waals surface area contributed by atoms with Crippen LogP contribution in [-0.2, 0) is 9.53 Å². The molecule has 1 saturated heterocycles. The average molecular weight is 258 g/mol. The topological polar surface area (TPSA) is 53.0 Å². The molecule has 5 heteroatoms. The molecular formula is C13H26N2O3. The number of amides is 1. The minimum atomic E-state index is 0.0812. The zero-order valence-electron chi connectivity index (χ0n) is 11.8. The maximum atomic E-state index is 11.9. The maximum Gasteiger partial charge on any atom is 0.236 e. The standard InChI is InChI=1S/C13H26N2O3/c1-11(2)14(3)13(17)10-15-6-4-12(5-7-15)18-9-8-16/h11-12,16H,4-10H2,1-3H3. The number of carbonyl (C=O) groups excluding carboxylic acids is 1. The summed E-state index contributed by atoms with van der Waals surface area (Å²) in [6, 6.07) is 0.253. The molecule has 5 nitrogen and oxygen atoms in total. The molecule has 106 valence electrons. The first-order chi connectivity index (χ1) is 8.54. The highest BCUT2D eigenvalue weighted by molar-refractivity contribution is 5.78. The van der Waals surface area contributed by atoms with E-state index in [-0.39, 0.29) is 24.7 Å². The van der Waals surface area contributed by atoms with Gasteiger partial charge in [0.1, 0.15) is 0 Å². The van der Waals surface area contributed by atoms with E-state index in [1.807, 2.05) is 20.9 Å². The van der Waals surface area contributed by atoms with Gasteiger partial charge in [0.2, 0.25) is 5.91 Å². The molecule has 0 radical (unpaired) electrons. The Balaban J connectivity index is 2.25. The highest BCUT2D eigenvalue weighted by Gasteiger charge is 2.22. The molecule has 1 fully saturated rings. The third kappa shape index (κ3) is 4.92. The van der Waals surface area contributed by atoms with Gasteiger partial charge in [-0.25, -0.2) is 0 Å². The summed E-state index contributed by atoms with van der Waals surface area (Å²) in [6.45, 7) is 6.83. The van der Waals surface area contributed by atoms with Gasteiger partial charge in [-0.15, -0.1) is 0 Å². The predicted octanol–water partition coefficient (Wildman–Crippen LogP) is 0.327. The lowest BCUT2D eigenvalue weighted by Gasteiger charge is -2.33. The van der Waals surface area contributed by atoms with Crippen LogP contribution in [0.1, 0.15) is 26.7 Å². The third-order valence-electron chi connectivity index (χ3n) is 3.51. The lowest BCUT2D eigenvalue weighted by molar-refractivity contribution is -0.133. The van der Waals surface area contributed by atoms with Crippen molar-refractivity contribution in [3.63, 3.8) is 0 Å². The van der Waals surface area contributed by atoms with Gasteiger partial charge < -0.3 is 14.7 Å². The van der Waals surface area contributed by atoms with Crippen molar-refractivity contribution in [1.82, 2.24) is 9.80 Å². The van der Waals surface area contributed by atoms with Gasteiger partial charge in [0, 0.05) is 26.2 Å². The summed E-state index contributed by atoms with van der Waals surface area (Å²) in [4.78, 5) is 15.9.